The van der Waals surface area contributed by atoms with E-state index in [1.807, 2.05) is 0 Å². The van der Waals surface area contributed by atoms with Gasteiger partial charge in [-0.3, -0.25) is 0 Å². The lowest BCUT2D eigenvalue weighted by Gasteiger charge is -2.44. The molecule has 3 nitrogen and oxygen atoms in total. The molecule has 0 fully saturated rings. The number of ether oxygens (including phenoxy) is 3. The molecule has 0 N–H and O–H groups in total. The van der Waals surface area contributed by atoms with Crippen LogP contribution in [0.3, 0.4) is 0 Å². The first-order valence-corrected chi connectivity index (χ1v) is 8.17. The molecule has 128 valence electrons. The van der Waals surface area contributed by atoms with Crippen molar-refractivity contribution in [2.75, 3.05) is 13.7 Å². The number of hydrogen-bond donors (Lipinski definition) is 0. The lowest BCUT2D eigenvalue weighted by molar-refractivity contribution is -0.154. The zero-order chi connectivity index (χ0) is 16.9. The van der Waals surface area contributed by atoms with Crippen LogP contribution in [0.2, 0.25) is 0 Å². The molecule has 0 aliphatic carbocycles. The van der Waals surface area contributed by atoms with Crippen LogP contribution in [-0.2, 0) is 14.2 Å². The van der Waals surface area contributed by atoms with E-state index in [4.69, 9.17) is 14.2 Å². The van der Waals surface area contributed by atoms with E-state index >= 15 is 0 Å². The van der Waals surface area contributed by atoms with Gasteiger partial charge in [0, 0.05) is 20.1 Å². The van der Waals surface area contributed by atoms with Crippen LogP contribution in [0.5, 0.6) is 0 Å². The lowest BCUT2D eigenvalue weighted by Crippen LogP contribution is -2.45. The fraction of sp³-hybridized carbons (Fsp3) is 1.00. The van der Waals surface area contributed by atoms with Crippen LogP contribution in [0.1, 0.15) is 75.2 Å². The van der Waals surface area contributed by atoms with Gasteiger partial charge in [0.1, 0.15) is 0 Å². The third-order valence-electron chi connectivity index (χ3n) is 4.64. The van der Waals surface area contributed by atoms with Gasteiger partial charge in [-0.2, -0.15) is 0 Å². The quantitative estimate of drug-likeness (QED) is 0.578. The topological polar surface area (TPSA) is 27.7 Å². The molecule has 0 aromatic carbocycles. The van der Waals surface area contributed by atoms with Gasteiger partial charge in [0.25, 0.3) is 0 Å². The molecule has 1 atom stereocenters. The van der Waals surface area contributed by atoms with Crippen LogP contribution in [-0.4, -0.2) is 37.1 Å². The zero-order valence-corrected chi connectivity index (χ0v) is 16.0. The largest absolute Gasteiger partial charge is 0.379 e. The van der Waals surface area contributed by atoms with Crippen molar-refractivity contribution in [3.8, 4) is 0 Å². The maximum absolute atomic E-state index is 6.36. The van der Waals surface area contributed by atoms with Crippen LogP contribution in [0, 0.1) is 5.41 Å². The molecule has 0 aromatic heterocycles. The van der Waals surface area contributed by atoms with Gasteiger partial charge >= 0.3 is 0 Å². The Labute approximate surface area is 132 Å². The van der Waals surface area contributed by atoms with E-state index in [1.54, 1.807) is 7.11 Å². The van der Waals surface area contributed by atoms with Crippen LogP contribution >= 0.6 is 0 Å². The molecule has 0 spiro atoms. The molecule has 0 saturated heterocycles. The predicted molar refractivity (Wildman–Crippen MR) is 89.8 cm³/mol. The summed E-state index contributed by atoms with van der Waals surface area (Å²) in [6, 6.07) is 0. The first-order chi connectivity index (χ1) is 9.33. The van der Waals surface area contributed by atoms with Gasteiger partial charge in [-0.1, -0.05) is 13.8 Å². The second-order valence-corrected chi connectivity index (χ2v) is 8.16. The van der Waals surface area contributed by atoms with E-state index in [1.165, 1.54) is 0 Å². The van der Waals surface area contributed by atoms with Crippen LogP contribution in [0.15, 0.2) is 0 Å². The Morgan fingerprint density at radius 3 is 1.86 bits per heavy atom. The maximum atomic E-state index is 6.36. The third-order valence-corrected chi connectivity index (χ3v) is 4.64. The molecule has 0 amide bonds. The number of hydrogen-bond acceptors (Lipinski definition) is 3. The summed E-state index contributed by atoms with van der Waals surface area (Å²) < 4.78 is 17.6. The van der Waals surface area contributed by atoms with Gasteiger partial charge in [0.15, 0.2) is 0 Å². The van der Waals surface area contributed by atoms with E-state index < -0.39 is 0 Å². The summed E-state index contributed by atoms with van der Waals surface area (Å²) >= 11 is 0. The van der Waals surface area contributed by atoms with E-state index in [-0.39, 0.29) is 28.8 Å². The minimum atomic E-state index is -0.212. The smallest absolute Gasteiger partial charge is 0.0681 e. The molecular weight excluding hydrogens is 264 g/mol. The van der Waals surface area contributed by atoms with E-state index in [0.717, 1.165) is 19.4 Å². The van der Waals surface area contributed by atoms with Crippen molar-refractivity contribution in [1.29, 1.82) is 0 Å². The Balaban J connectivity index is 4.56. The van der Waals surface area contributed by atoms with Gasteiger partial charge < -0.3 is 14.2 Å². The highest BCUT2D eigenvalue weighted by Gasteiger charge is 2.39. The molecule has 0 aromatic rings. The minimum Gasteiger partial charge on any atom is -0.379 e. The third kappa shape index (κ3) is 7.62. The molecule has 1 unspecified atom stereocenters. The Hall–Kier alpha value is -0.120. The Morgan fingerprint density at radius 1 is 0.905 bits per heavy atom. The van der Waals surface area contributed by atoms with E-state index in [0.29, 0.717) is 0 Å². The summed E-state index contributed by atoms with van der Waals surface area (Å²) in [4.78, 5) is 0. The summed E-state index contributed by atoms with van der Waals surface area (Å²) in [5.41, 5.74) is -0.315. The molecule has 21 heavy (non-hydrogen) atoms. The molecule has 0 aliphatic heterocycles. The minimum absolute atomic E-state index is 0.0490. The predicted octanol–water partition coefficient (Wildman–Crippen LogP) is 4.83. The van der Waals surface area contributed by atoms with Crippen molar-refractivity contribution >= 4 is 0 Å². The van der Waals surface area contributed by atoms with Crippen molar-refractivity contribution in [2.45, 2.75) is 98.6 Å². The highest BCUT2D eigenvalue weighted by atomic mass is 16.5. The van der Waals surface area contributed by atoms with Crippen molar-refractivity contribution in [3.05, 3.63) is 0 Å². The molecule has 0 saturated carbocycles. The first kappa shape index (κ1) is 20.9. The monoisotopic (exact) mass is 302 g/mol. The summed E-state index contributed by atoms with van der Waals surface area (Å²) in [6.07, 6.45) is 2.30. The summed E-state index contributed by atoms with van der Waals surface area (Å²) in [6.45, 7) is 20.1. The number of rotatable bonds is 10. The summed E-state index contributed by atoms with van der Waals surface area (Å²) in [7, 11) is 1.76. The van der Waals surface area contributed by atoms with Crippen LogP contribution < -0.4 is 0 Å². The highest BCUT2D eigenvalue weighted by molar-refractivity contribution is 4.89. The zero-order valence-electron chi connectivity index (χ0n) is 16.0. The normalized spacial score (nSPS) is 15.6. The number of methoxy groups -OCH3 is 1. The van der Waals surface area contributed by atoms with Crippen molar-refractivity contribution in [1.82, 2.24) is 0 Å². The molecule has 0 heterocycles. The van der Waals surface area contributed by atoms with Crippen molar-refractivity contribution < 1.29 is 14.2 Å². The van der Waals surface area contributed by atoms with Gasteiger partial charge in [-0.25, -0.2) is 0 Å². The van der Waals surface area contributed by atoms with Gasteiger partial charge in [0.05, 0.1) is 23.4 Å². The highest BCUT2D eigenvalue weighted by Crippen LogP contribution is 2.38. The fourth-order valence-electron chi connectivity index (χ4n) is 2.33. The molecule has 0 bridgehead atoms. The Bertz CT molecular complexity index is 293. The lowest BCUT2D eigenvalue weighted by atomic mass is 9.74. The first-order valence-electron chi connectivity index (χ1n) is 8.17. The average Bonchev–Trinajstić information content (AvgIpc) is 2.26. The summed E-state index contributed by atoms with van der Waals surface area (Å²) in [5.74, 6) is 0. The SMILES string of the molecule is COC(C)(C)CC(C)OC(C)(C)C(C)(C)CCOC(C)C. The van der Waals surface area contributed by atoms with E-state index in [2.05, 4.69) is 62.3 Å². The molecular formula is C18H38O3. The molecule has 0 rings (SSSR count). The van der Waals surface area contributed by atoms with Gasteiger partial charge in [0.2, 0.25) is 0 Å². The van der Waals surface area contributed by atoms with E-state index in [9.17, 15) is 0 Å². The second-order valence-electron chi connectivity index (χ2n) is 8.16. The average molecular weight is 302 g/mol. The molecule has 0 radical (unpaired) electrons. The molecule has 0 aliphatic rings. The maximum Gasteiger partial charge on any atom is 0.0681 e. The van der Waals surface area contributed by atoms with Crippen molar-refractivity contribution in [2.24, 2.45) is 5.41 Å². The van der Waals surface area contributed by atoms with Crippen molar-refractivity contribution in [3.63, 3.8) is 0 Å². The summed E-state index contributed by atoms with van der Waals surface area (Å²) in [5, 5.41) is 0. The second kappa shape index (κ2) is 7.94. The van der Waals surface area contributed by atoms with Crippen LogP contribution in [0.4, 0.5) is 0 Å². The standard InChI is InChI=1S/C18H38O3/c1-14(2)20-12-11-16(4,5)18(8,9)21-15(3)13-17(6,7)19-10/h14-15H,11-13H2,1-10H3. The van der Waals surface area contributed by atoms with Gasteiger partial charge in [-0.15, -0.1) is 0 Å². The van der Waals surface area contributed by atoms with Gasteiger partial charge in [-0.05, 0) is 60.3 Å². The fourth-order valence-corrected chi connectivity index (χ4v) is 2.33. The molecule has 3 heteroatoms. The Morgan fingerprint density at radius 2 is 1.43 bits per heavy atom. The van der Waals surface area contributed by atoms with Crippen LogP contribution in [0.25, 0.3) is 0 Å². The Kier molecular flexibility index (Phi) is 7.89.